The van der Waals surface area contributed by atoms with Gasteiger partial charge in [-0.15, -0.1) is 0 Å². The first-order valence-corrected chi connectivity index (χ1v) is 10.3. The summed E-state index contributed by atoms with van der Waals surface area (Å²) in [7, 11) is 1.72. The van der Waals surface area contributed by atoms with Crippen LogP contribution >= 0.6 is 12.2 Å². The fourth-order valence-electron chi connectivity index (χ4n) is 3.37. The number of anilines is 1. The highest BCUT2D eigenvalue weighted by atomic mass is 32.1. The maximum absolute atomic E-state index is 5.81. The summed E-state index contributed by atoms with van der Waals surface area (Å²) in [5, 5.41) is 4.18. The van der Waals surface area contributed by atoms with Crippen LogP contribution < -0.4 is 10.1 Å². The number of benzene rings is 3. The van der Waals surface area contributed by atoms with Crippen LogP contribution in [-0.4, -0.2) is 23.7 Å². The van der Waals surface area contributed by atoms with Gasteiger partial charge in [-0.05, 0) is 61.3 Å². The molecule has 0 aromatic heterocycles. The standard InChI is InChI=1S/C25H28N2OS/c1-19-13-14-23(20(2)17-19)26-25(29)27(18-21-9-5-4-6-10-21)16-15-22-11-7-8-12-24(22)28-3/h4-14,17H,15-16,18H2,1-3H3,(H,26,29). The third kappa shape index (κ3) is 5.81. The maximum Gasteiger partial charge on any atom is 0.173 e. The Bertz CT molecular complexity index is 956. The number of hydrogen-bond acceptors (Lipinski definition) is 2. The zero-order chi connectivity index (χ0) is 20.6. The average molecular weight is 405 g/mol. The van der Waals surface area contributed by atoms with E-state index in [4.69, 9.17) is 17.0 Å². The molecule has 0 heterocycles. The topological polar surface area (TPSA) is 24.5 Å². The van der Waals surface area contributed by atoms with Gasteiger partial charge in [0.05, 0.1) is 7.11 Å². The molecule has 3 nitrogen and oxygen atoms in total. The van der Waals surface area contributed by atoms with Crippen molar-refractivity contribution in [1.29, 1.82) is 0 Å². The van der Waals surface area contributed by atoms with E-state index in [0.29, 0.717) is 0 Å². The Hall–Kier alpha value is -2.85. The van der Waals surface area contributed by atoms with E-state index in [9.17, 15) is 0 Å². The smallest absolute Gasteiger partial charge is 0.173 e. The third-order valence-electron chi connectivity index (χ3n) is 4.97. The molecule has 0 fully saturated rings. The molecule has 0 aliphatic carbocycles. The molecular weight excluding hydrogens is 376 g/mol. The Labute approximate surface area is 179 Å². The highest BCUT2D eigenvalue weighted by Crippen LogP contribution is 2.20. The number of ether oxygens (including phenoxy) is 1. The van der Waals surface area contributed by atoms with Gasteiger partial charge in [-0.2, -0.15) is 0 Å². The summed E-state index contributed by atoms with van der Waals surface area (Å²) in [6, 6.07) is 25.0. The SMILES string of the molecule is COc1ccccc1CCN(Cc1ccccc1)C(=S)Nc1ccc(C)cc1C. The van der Waals surface area contributed by atoms with Gasteiger partial charge in [0, 0.05) is 18.8 Å². The second-order valence-corrected chi connectivity index (χ2v) is 7.60. The number of hydrogen-bond donors (Lipinski definition) is 1. The van der Waals surface area contributed by atoms with Crippen molar-refractivity contribution in [2.45, 2.75) is 26.8 Å². The fraction of sp³-hybridized carbons (Fsp3) is 0.240. The molecule has 29 heavy (non-hydrogen) atoms. The first-order chi connectivity index (χ1) is 14.1. The Morgan fingerprint density at radius 2 is 1.69 bits per heavy atom. The zero-order valence-corrected chi connectivity index (χ0v) is 18.1. The lowest BCUT2D eigenvalue weighted by Crippen LogP contribution is -2.36. The minimum Gasteiger partial charge on any atom is -0.496 e. The lowest BCUT2D eigenvalue weighted by atomic mass is 10.1. The van der Waals surface area contributed by atoms with Crippen LogP contribution in [0, 0.1) is 13.8 Å². The Balaban J connectivity index is 1.77. The van der Waals surface area contributed by atoms with E-state index in [2.05, 4.69) is 72.6 Å². The third-order valence-corrected chi connectivity index (χ3v) is 5.33. The minimum atomic E-state index is 0.732. The van der Waals surface area contributed by atoms with Gasteiger partial charge in [-0.1, -0.05) is 66.2 Å². The molecule has 150 valence electrons. The molecule has 0 unspecified atom stereocenters. The fourth-order valence-corrected chi connectivity index (χ4v) is 3.64. The molecule has 0 aliphatic heterocycles. The van der Waals surface area contributed by atoms with E-state index >= 15 is 0 Å². The Kier molecular flexibility index (Phi) is 7.25. The van der Waals surface area contributed by atoms with Crippen LogP contribution in [0.15, 0.2) is 72.8 Å². The average Bonchev–Trinajstić information content (AvgIpc) is 2.74. The van der Waals surface area contributed by atoms with E-state index in [-0.39, 0.29) is 0 Å². The molecule has 4 heteroatoms. The number of aryl methyl sites for hydroxylation is 2. The normalized spacial score (nSPS) is 10.4. The van der Waals surface area contributed by atoms with Crippen LogP contribution in [0.3, 0.4) is 0 Å². The lowest BCUT2D eigenvalue weighted by Gasteiger charge is -2.27. The van der Waals surface area contributed by atoms with Gasteiger partial charge in [0.2, 0.25) is 0 Å². The lowest BCUT2D eigenvalue weighted by molar-refractivity contribution is 0.396. The number of nitrogens with zero attached hydrogens (tertiary/aromatic N) is 1. The summed E-state index contributed by atoms with van der Waals surface area (Å²) in [5.74, 6) is 0.917. The molecule has 0 saturated carbocycles. The summed E-state index contributed by atoms with van der Waals surface area (Å²) in [6.45, 7) is 5.76. The molecule has 0 spiro atoms. The van der Waals surface area contributed by atoms with Crippen LogP contribution in [-0.2, 0) is 13.0 Å². The van der Waals surface area contributed by atoms with Crippen molar-refractivity contribution in [3.05, 3.63) is 95.1 Å². The molecule has 0 radical (unpaired) electrons. The number of thiocarbonyl (C=S) groups is 1. The first kappa shape index (κ1) is 20.9. The number of nitrogens with one attached hydrogen (secondary N) is 1. The summed E-state index contributed by atoms with van der Waals surface area (Å²) >= 11 is 5.81. The largest absolute Gasteiger partial charge is 0.496 e. The van der Waals surface area contributed by atoms with Crippen molar-refractivity contribution in [1.82, 2.24) is 4.90 Å². The highest BCUT2D eigenvalue weighted by Gasteiger charge is 2.13. The van der Waals surface area contributed by atoms with E-state index in [1.807, 2.05) is 24.3 Å². The Morgan fingerprint density at radius 1 is 0.966 bits per heavy atom. The van der Waals surface area contributed by atoms with Crippen LogP contribution in [0.4, 0.5) is 5.69 Å². The van der Waals surface area contributed by atoms with Gasteiger partial charge >= 0.3 is 0 Å². The second kappa shape index (κ2) is 10.1. The molecule has 3 aromatic carbocycles. The quantitative estimate of drug-likeness (QED) is 0.507. The van der Waals surface area contributed by atoms with Crippen molar-refractivity contribution in [2.24, 2.45) is 0 Å². The van der Waals surface area contributed by atoms with E-state index in [1.54, 1.807) is 7.11 Å². The van der Waals surface area contributed by atoms with Gasteiger partial charge in [0.1, 0.15) is 5.75 Å². The van der Waals surface area contributed by atoms with Crippen molar-refractivity contribution in [2.75, 3.05) is 19.0 Å². The maximum atomic E-state index is 5.81. The first-order valence-electron chi connectivity index (χ1n) is 9.86. The molecule has 0 atom stereocenters. The summed E-state index contributed by atoms with van der Waals surface area (Å²) < 4.78 is 5.51. The second-order valence-electron chi connectivity index (χ2n) is 7.22. The van der Waals surface area contributed by atoms with Gasteiger partial charge in [-0.25, -0.2) is 0 Å². The van der Waals surface area contributed by atoms with Crippen molar-refractivity contribution >= 4 is 23.0 Å². The molecule has 0 bridgehead atoms. The van der Waals surface area contributed by atoms with Crippen LogP contribution in [0.25, 0.3) is 0 Å². The zero-order valence-electron chi connectivity index (χ0n) is 17.3. The van der Waals surface area contributed by atoms with E-state index in [1.165, 1.54) is 22.3 Å². The van der Waals surface area contributed by atoms with Gasteiger partial charge < -0.3 is 15.0 Å². The molecule has 0 saturated heterocycles. The summed E-state index contributed by atoms with van der Waals surface area (Å²) in [6.07, 6.45) is 0.853. The number of para-hydroxylation sites is 1. The molecule has 0 amide bonds. The van der Waals surface area contributed by atoms with E-state index in [0.717, 1.165) is 36.1 Å². The van der Waals surface area contributed by atoms with Gasteiger partial charge in [-0.3, -0.25) is 0 Å². The molecular formula is C25H28N2OS. The molecule has 1 N–H and O–H groups in total. The summed E-state index contributed by atoms with van der Waals surface area (Å²) in [5.41, 5.74) is 5.91. The van der Waals surface area contributed by atoms with Crippen molar-refractivity contribution in [3.63, 3.8) is 0 Å². The summed E-state index contributed by atoms with van der Waals surface area (Å²) in [4.78, 5) is 2.22. The van der Waals surface area contributed by atoms with Crippen LogP contribution in [0.1, 0.15) is 22.3 Å². The molecule has 3 rings (SSSR count). The number of methoxy groups -OCH3 is 1. The predicted molar refractivity (Wildman–Crippen MR) is 126 cm³/mol. The Morgan fingerprint density at radius 3 is 2.41 bits per heavy atom. The van der Waals surface area contributed by atoms with Crippen molar-refractivity contribution < 1.29 is 4.74 Å². The molecule has 3 aromatic rings. The number of rotatable bonds is 7. The van der Waals surface area contributed by atoms with Crippen molar-refractivity contribution in [3.8, 4) is 5.75 Å². The highest BCUT2D eigenvalue weighted by molar-refractivity contribution is 7.80. The monoisotopic (exact) mass is 404 g/mol. The van der Waals surface area contributed by atoms with Gasteiger partial charge in [0.25, 0.3) is 0 Å². The van der Waals surface area contributed by atoms with Crippen LogP contribution in [0.2, 0.25) is 0 Å². The minimum absolute atomic E-state index is 0.732. The van der Waals surface area contributed by atoms with Crippen LogP contribution in [0.5, 0.6) is 5.75 Å². The molecule has 0 aliphatic rings. The van der Waals surface area contributed by atoms with E-state index < -0.39 is 0 Å². The van der Waals surface area contributed by atoms with Gasteiger partial charge in [0.15, 0.2) is 5.11 Å². The predicted octanol–water partition coefficient (Wildman–Crippen LogP) is 5.75.